The van der Waals surface area contributed by atoms with Crippen LogP contribution in [0.25, 0.3) is 0 Å². The molecule has 0 spiro atoms. The van der Waals surface area contributed by atoms with Crippen LogP contribution in [0, 0.1) is 0 Å². The predicted octanol–water partition coefficient (Wildman–Crippen LogP) is 1.81. The van der Waals surface area contributed by atoms with Crippen molar-refractivity contribution in [3.63, 3.8) is 0 Å². The SMILES string of the molecule is [3H]C(C)C([3H])C. The molecule has 0 nitrogen and oxygen atoms in total. The van der Waals surface area contributed by atoms with Crippen LogP contribution in [0.3, 0.4) is 0 Å². The molecule has 0 bridgehead atoms. The average molecular weight is 62.1 g/mol. The lowest BCUT2D eigenvalue weighted by Gasteiger charge is -1.68. The van der Waals surface area contributed by atoms with Crippen LogP contribution < -0.4 is 0 Å². The van der Waals surface area contributed by atoms with Crippen LogP contribution >= 0.6 is 0 Å². The van der Waals surface area contributed by atoms with Crippen LogP contribution in [0.1, 0.15) is 29.4 Å². The summed E-state index contributed by atoms with van der Waals surface area (Å²) in [4.78, 5) is 0. The van der Waals surface area contributed by atoms with Crippen molar-refractivity contribution in [3.05, 3.63) is 0 Å². The Bertz CT molecular complexity index is 26.5. The Labute approximate surface area is 30.6 Å². The summed E-state index contributed by atoms with van der Waals surface area (Å²) >= 11 is 0. The molecule has 4 heavy (non-hydrogen) atoms. The quantitative estimate of drug-likeness (QED) is 0.434. The Morgan fingerprint density at radius 2 is 1.75 bits per heavy atom. The standard InChI is InChI=1S/C4H10/c1-3-4-2/h3-4H2,1-2H3/i3T,4T. The summed E-state index contributed by atoms with van der Waals surface area (Å²) in [6, 6.07) is 0. The van der Waals surface area contributed by atoms with Gasteiger partial charge in [-0.1, -0.05) is 26.6 Å². The largest absolute Gasteiger partial charge is 0.0654 e. The molecule has 2 atom stereocenters. The van der Waals surface area contributed by atoms with Crippen molar-refractivity contribution >= 4 is 0 Å². The Morgan fingerprint density at radius 1 is 1.50 bits per heavy atom. The summed E-state index contributed by atoms with van der Waals surface area (Å²) < 4.78 is 13.7. The zero-order valence-corrected chi connectivity index (χ0v) is 3.15. The molecule has 0 aliphatic rings. The monoisotopic (exact) mass is 62.1 g/mol. The number of hydrogen-bond donors (Lipinski definition) is 0. The summed E-state index contributed by atoms with van der Waals surface area (Å²) in [6.07, 6.45) is -0.463. The van der Waals surface area contributed by atoms with Crippen LogP contribution in [0.15, 0.2) is 0 Å². The molecule has 0 amide bonds. The molecule has 0 N–H and O–H groups in total. The molecular weight excluding hydrogens is 48.0 g/mol. The van der Waals surface area contributed by atoms with Gasteiger partial charge in [0.05, 0.1) is 0 Å². The van der Waals surface area contributed by atoms with Crippen molar-refractivity contribution in [2.24, 2.45) is 0 Å². The third-order valence-electron chi connectivity index (χ3n) is 0.333. The minimum atomic E-state index is -0.231. The highest BCUT2D eigenvalue weighted by Crippen LogP contribution is 1.76. The first-order valence-corrected chi connectivity index (χ1v) is 1.49. The molecule has 0 aromatic carbocycles. The van der Waals surface area contributed by atoms with E-state index in [2.05, 4.69) is 0 Å². The summed E-state index contributed by atoms with van der Waals surface area (Å²) in [7, 11) is 0. The van der Waals surface area contributed by atoms with Crippen molar-refractivity contribution in [2.45, 2.75) is 26.6 Å². The van der Waals surface area contributed by atoms with Gasteiger partial charge in [-0.3, -0.25) is 0 Å². The molecule has 0 fully saturated rings. The fraction of sp³-hybridized carbons (Fsp3) is 1.00. The Hall–Kier alpha value is 0. The minimum Gasteiger partial charge on any atom is -0.0654 e. The van der Waals surface area contributed by atoms with E-state index < -0.39 is 0 Å². The molecule has 0 aromatic rings. The molecule has 0 rings (SSSR count). The number of rotatable bonds is 1. The smallest absolute Gasteiger partial charge is 0.0264 e. The zero-order valence-electron chi connectivity index (χ0n) is 5.15. The lowest BCUT2D eigenvalue weighted by Crippen LogP contribution is -1.47. The predicted molar refractivity (Wildman–Crippen MR) is 20.6 cm³/mol. The van der Waals surface area contributed by atoms with Crippen LogP contribution in [0.4, 0.5) is 0 Å². The summed E-state index contributed by atoms with van der Waals surface area (Å²) in [5, 5.41) is 0. The molecule has 0 heteroatoms. The first-order valence-electron chi connectivity index (χ1n) is 2.64. The first-order chi connectivity index (χ1) is 2.64. The normalized spacial score (nSPS) is 30.5. The fourth-order valence-corrected chi connectivity index (χ4v) is 0. The highest BCUT2D eigenvalue weighted by molar-refractivity contribution is 4.12. The van der Waals surface area contributed by atoms with Crippen molar-refractivity contribution in [2.75, 3.05) is 0 Å². The lowest BCUT2D eigenvalue weighted by atomic mass is 10.4. The molecule has 0 saturated carbocycles. The summed E-state index contributed by atoms with van der Waals surface area (Å²) in [6.45, 7) is 3.44. The van der Waals surface area contributed by atoms with Gasteiger partial charge in [-0.05, 0) is 0 Å². The molecule has 0 saturated heterocycles. The van der Waals surface area contributed by atoms with Gasteiger partial charge in [-0.15, -0.1) is 0 Å². The Balaban J connectivity index is 2.99. The van der Waals surface area contributed by atoms with Gasteiger partial charge in [0.15, 0.2) is 0 Å². The second-order valence-electron chi connectivity index (χ2n) is 0.667. The van der Waals surface area contributed by atoms with Crippen molar-refractivity contribution in [1.82, 2.24) is 0 Å². The van der Waals surface area contributed by atoms with Crippen molar-refractivity contribution < 1.29 is 2.74 Å². The third kappa shape index (κ3) is 2.00. The topological polar surface area (TPSA) is 0 Å². The maximum absolute atomic E-state index is 6.84. The van der Waals surface area contributed by atoms with E-state index in [4.69, 9.17) is 2.74 Å². The van der Waals surface area contributed by atoms with Gasteiger partial charge in [-0.25, -0.2) is 0 Å². The summed E-state index contributed by atoms with van der Waals surface area (Å²) in [5.74, 6) is 0. The Morgan fingerprint density at radius 3 is 1.75 bits per heavy atom. The van der Waals surface area contributed by atoms with E-state index in [1.165, 1.54) is 0 Å². The molecule has 0 aliphatic carbocycles. The fourth-order valence-electron chi connectivity index (χ4n) is 0. The molecule has 0 aromatic heterocycles. The lowest BCUT2D eigenvalue weighted by molar-refractivity contribution is 0.886. The summed E-state index contributed by atoms with van der Waals surface area (Å²) in [5.41, 5.74) is 0. The van der Waals surface area contributed by atoms with E-state index in [1.54, 1.807) is 13.8 Å². The van der Waals surface area contributed by atoms with Gasteiger partial charge in [0.2, 0.25) is 0 Å². The molecule has 0 heterocycles. The van der Waals surface area contributed by atoms with Crippen LogP contribution in [0.2, 0.25) is 0 Å². The molecule has 0 aliphatic heterocycles. The Kier molecular flexibility index (Phi) is 1.08. The molecule has 26 valence electrons. The highest BCUT2D eigenvalue weighted by Gasteiger charge is 1.56. The first kappa shape index (κ1) is 1.44. The minimum absolute atomic E-state index is 0.231. The molecule has 0 radical (unpaired) electrons. The second kappa shape index (κ2) is 3.00. The number of hydrogen-bond acceptors (Lipinski definition) is 0. The van der Waals surface area contributed by atoms with E-state index in [9.17, 15) is 0 Å². The van der Waals surface area contributed by atoms with Gasteiger partial charge < -0.3 is 0 Å². The third-order valence-corrected chi connectivity index (χ3v) is 0.333. The van der Waals surface area contributed by atoms with Crippen molar-refractivity contribution in [3.8, 4) is 0 Å². The van der Waals surface area contributed by atoms with Crippen LogP contribution in [-0.4, -0.2) is 0 Å². The second-order valence-corrected chi connectivity index (χ2v) is 0.667. The van der Waals surface area contributed by atoms with Gasteiger partial charge in [0.1, 0.15) is 0 Å². The average Bonchev–Trinajstić information content (AvgIpc) is 1.36. The van der Waals surface area contributed by atoms with Crippen molar-refractivity contribution in [1.29, 1.82) is 0 Å². The molecule has 2 unspecified atom stereocenters. The van der Waals surface area contributed by atoms with Crippen LogP contribution in [-0.2, 0) is 0 Å². The van der Waals surface area contributed by atoms with Gasteiger partial charge in [0, 0.05) is 2.74 Å². The maximum Gasteiger partial charge on any atom is 0.0264 e. The van der Waals surface area contributed by atoms with Crippen LogP contribution in [0.5, 0.6) is 0 Å². The zero-order chi connectivity index (χ0) is 5.15. The highest BCUT2D eigenvalue weighted by atomic mass is 13.6. The van der Waals surface area contributed by atoms with Gasteiger partial charge in [0.25, 0.3) is 0 Å². The van der Waals surface area contributed by atoms with E-state index >= 15 is 0 Å². The van der Waals surface area contributed by atoms with E-state index in [0.29, 0.717) is 0 Å². The van der Waals surface area contributed by atoms with E-state index in [0.717, 1.165) is 0 Å². The van der Waals surface area contributed by atoms with Gasteiger partial charge in [-0.2, -0.15) is 0 Å². The van der Waals surface area contributed by atoms with Gasteiger partial charge >= 0.3 is 0 Å². The van der Waals surface area contributed by atoms with E-state index in [-0.39, 0.29) is 12.8 Å². The maximum atomic E-state index is 6.84. The molecular formula is C4H10. The van der Waals surface area contributed by atoms with E-state index in [1.807, 2.05) is 0 Å².